The highest BCUT2D eigenvalue weighted by atomic mass is 19.1. The molecule has 4 rings (SSSR count). The van der Waals surface area contributed by atoms with Crippen LogP contribution in [0.25, 0.3) is 10.8 Å². The van der Waals surface area contributed by atoms with E-state index in [2.05, 4.69) is 157 Å². The number of rotatable bonds is 0. The second kappa shape index (κ2) is 14.2. The molecule has 47 heavy (non-hydrogen) atoms. The maximum atomic E-state index is 13.7. The zero-order valence-corrected chi connectivity index (χ0v) is 33.3. The van der Waals surface area contributed by atoms with Crippen LogP contribution in [-0.2, 0) is 32.5 Å². The van der Waals surface area contributed by atoms with Gasteiger partial charge in [0.1, 0.15) is 5.82 Å². The number of hydrogen-bond acceptors (Lipinski definition) is 1. The zero-order valence-electron chi connectivity index (χ0n) is 33.3. The molecule has 0 aliphatic rings. The molecule has 0 atom stereocenters. The zero-order chi connectivity index (χ0) is 36.4. The van der Waals surface area contributed by atoms with Crippen LogP contribution in [0.15, 0.2) is 72.9 Å². The summed E-state index contributed by atoms with van der Waals surface area (Å²) in [6, 6.07) is 23.3. The van der Waals surface area contributed by atoms with Gasteiger partial charge in [-0.3, -0.25) is 4.98 Å². The molecule has 1 nitrogen and oxygen atoms in total. The Morgan fingerprint density at radius 2 is 0.830 bits per heavy atom. The first-order valence-electron chi connectivity index (χ1n) is 17.3. The van der Waals surface area contributed by atoms with Crippen molar-refractivity contribution in [3.63, 3.8) is 0 Å². The van der Waals surface area contributed by atoms with E-state index in [1.54, 1.807) is 6.07 Å². The highest BCUT2D eigenvalue weighted by molar-refractivity contribution is 5.83. The molecule has 0 bridgehead atoms. The molecule has 0 radical (unpaired) electrons. The van der Waals surface area contributed by atoms with Crippen molar-refractivity contribution in [1.29, 1.82) is 0 Å². The van der Waals surface area contributed by atoms with E-state index in [1.165, 1.54) is 33.0 Å². The summed E-state index contributed by atoms with van der Waals surface area (Å²) in [5.74, 6) is -0.101. The van der Waals surface area contributed by atoms with Crippen LogP contribution in [0.2, 0.25) is 0 Å². The first-order chi connectivity index (χ1) is 21.0. The number of pyridine rings is 1. The van der Waals surface area contributed by atoms with Crippen molar-refractivity contribution in [3.8, 4) is 0 Å². The summed E-state index contributed by atoms with van der Waals surface area (Å²) < 4.78 is 13.7. The molecule has 0 amide bonds. The number of fused-ring (bicyclic) bond motifs is 1. The Morgan fingerprint density at radius 3 is 1.26 bits per heavy atom. The summed E-state index contributed by atoms with van der Waals surface area (Å²) in [5.41, 5.74) is 8.10. The molecule has 0 saturated carbocycles. The highest BCUT2D eigenvalue weighted by Gasteiger charge is 2.22. The number of aromatic nitrogens is 1. The van der Waals surface area contributed by atoms with Crippen LogP contribution in [0.5, 0.6) is 0 Å². The SMILES string of the molecule is CC(C)(C)c1ccc(F)c(C(C)(C)C)c1.CC(C)(C)c1ccc2cnc(C(C)(C)C)cc2c1.CC(C)(C)c1cccc(C(C)(C)C)c1. The van der Waals surface area contributed by atoms with Gasteiger partial charge in [-0.05, 0) is 72.4 Å². The highest BCUT2D eigenvalue weighted by Crippen LogP contribution is 2.32. The minimum Gasteiger partial charge on any atom is -0.260 e. The van der Waals surface area contributed by atoms with Crippen molar-refractivity contribution in [2.75, 3.05) is 0 Å². The van der Waals surface area contributed by atoms with E-state index in [0.717, 1.165) is 11.3 Å². The fourth-order valence-electron chi connectivity index (χ4n) is 5.04. The monoisotopic (exact) mass is 640 g/mol. The Hall–Kier alpha value is -3.00. The van der Waals surface area contributed by atoms with Crippen LogP contribution in [0, 0.1) is 5.82 Å². The lowest BCUT2D eigenvalue weighted by molar-refractivity contribution is 0.514. The van der Waals surface area contributed by atoms with E-state index in [0.29, 0.717) is 0 Å². The number of hydrogen-bond donors (Lipinski definition) is 0. The quantitative estimate of drug-likeness (QED) is 0.187. The first-order valence-corrected chi connectivity index (χ1v) is 17.3. The molecule has 0 spiro atoms. The van der Waals surface area contributed by atoms with Crippen molar-refractivity contribution in [1.82, 2.24) is 4.98 Å². The fraction of sp³-hybridized carbons (Fsp3) is 0.533. The van der Waals surface area contributed by atoms with Crippen LogP contribution >= 0.6 is 0 Å². The van der Waals surface area contributed by atoms with Crippen LogP contribution in [0.1, 0.15) is 158 Å². The van der Waals surface area contributed by atoms with Gasteiger partial charge in [-0.15, -0.1) is 0 Å². The molecule has 4 aromatic rings. The predicted octanol–water partition coefficient (Wildman–Crippen LogP) is 13.5. The smallest absolute Gasteiger partial charge is 0.126 e. The molecule has 0 aliphatic heterocycles. The second-order valence-corrected chi connectivity index (χ2v) is 19.4. The Morgan fingerprint density at radius 1 is 0.404 bits per heavy atom. The Kier molecular flexibility index (Phi) is 12.2. The second-order valence-electron chi connectivity index (χ2n) is 19.4. The molecule has 0 unspecified atom stereocenters. The van der Waals surface area contributed by atoms with E-state index in [-0.39, 0.29) is 38.3 Å². The van der Waals surface area contributed by atoms with Gasteiger partial charge < -0.3 is 0 Å². The van der Waals surface area contributed by atoms with Crippen molar-refractivity contribution in [3.05, 3.63) is 112 Å². The topological polar surface area (TPSA) is 12.9 Å². The molecular weight excluding hydrogens is 574 g/mol. The molecule has 3 aromatic carbocycles. The molecule has 1 heterocycles. The molecule has 0 fully saturated rings. The molecule has 0 aliphatic carbocycles. The molecular formula is C45H66FN. The largest absolute Gasteiger partial charge is 0.260 e. The van der Waals surface area contributed by atoms with E-state index < -0.39 is 0 Å². The Balaban J connectivity index is 0.000000248. The maximum absolute atomic E-state index is 13.7. The van der Waals surface area contributed by atoms with E-state index >= 15 is 0 Å². The van der Waals surface area contributed by atoms with Crippen LogP contribution in [-0.4, -0.2) is 4.98 Å². The molecule has 0 N–H and O–H groups in total. The van der Waals surface area contributed by atoms with E-state index in [9.17, 15) is 4.39 Å². The Labute approximate surface area is 288 Å². The summed E-state index contributed by atoms with van der Waals surface area (Å²) in [7, 11) is 0. The standard InChI is InChI=1S/C17H23N.C14H21F.C14H22/c1-16(2,3)14-8-7-12-11-18-15(17(4,5)6)10-13(12)9-14;1-13(2,3)10-7-8-12(15)11(9-10)14(4,5)6;1-13(2,3)11-8-7-9-12(10-11)14(4,5)6/h7-11H,1-6H3;7-9H,1-6H3;7-10H,1-6H3. The molecule has 0 saturated heterocycles. The van der Waals surface area contributed by atoms with Gasteiger partial charge in [-0.2, -0.15) is 0 Å². The van der Waals surface area contributed by atoms with Gasteiger partial charge in [0.05, 0.1) is 0 Å². The van der Waals surface area contributed by atoms with Crippen molar-refractivity contribution in [2.45, 2.75) is 157 Å². The summed E-state index contributed by atoms with van der Waals surface area (Å²) in [4.78, 5) is 4.57. The van der Waals surface area contributed by atoms with Gasteiger partial charge in [0, 0.05) is 22.7 Å². The van der Waals surface area contributed by atoms with Crippen molar-refractivity contribution in [2.24, 2.45) is 0 Å². The number of halogens is 1. The van der Waals surface area contributed by atoms with Crippen LogP contribution < -0.4 is 0 Å². The average Bonchev–Trinajstić information content (AvgIpc) is 2.90. The number of benzene rings is 3. The summed E-state index contributed by atoms with van der Waals surface area (Å²) >= 11 is 0. The van der Waals surface area contributed by atoms with Gasteiger partial charge >= 0.3 is 0 Å². The van der Waals surface area contributed by atoms with Gasteiger partial charge in [0.15, 0.2) is 0 Å². The average molecular weight is 640 g/mol. The lowest BCUT2D eigenvalue weighted by atomic mass is 9.80. The minimum absolute atomic E-state index is 0.0771. The van der Waals surface area contributed by atoms with Crippen LogP contribution in [0.4, 0.5) is 4.39 Å². The van der Waals surface area contributed by atoms with Gasteiger partial charge in [-0.1, -0.05) is 179 Å². The van der Waals surface area contributed by atoms with Gasteiger partial charge in [0.25, 0.3) is 0 Å². The Bertz CT molecular complexity index is 1540. The third-order valence-corrected chi connectivity index (χ3v) is 8.59. The molecule has 1 aromatic heterocycles. The summed E-state index contributed by atoms with van der Waals surface area (Å²) in [5, 5.41) is 2.51. The lowest BCUT2D eigenvalue weighted by Crippen LogP contribution is -2.17. The third-order valence-electron chi connectivity index (χ3n) is 8.59. The first kappa shape index (κ1) is 40.2. The van der Waals surface area contributed by atoms with Crippen molar-refractivity contribution < 1.29 is 4.39 Å². The van der Waals surface area contributed by atoms with E-state index in [4.69, 9.17) is 0 Å². The number of nitrogens with zero attached hydrogens (tertiary/aromatic N) is 1. The molecule has 258 valence electrons. The lowest BCUT2D eigenvalue weighted by Gasteiger charge is -2.25. The normalized spacial score (nSPS) is 13.0. The van der Waals surface area contributed by atoms with Crippen LogP contribution in [0.3, 0.4) is 0 Å². The molecule has 2 heteroatoms. The summed E-state index contributed by atoms with van der Waals surface area (Å²) in [6.07, 6.45) is 1.99. The van der Waals surface area contributed by atoms with Gasteiger partial charge in [-0.25, -0.2) is 4.39 Å². The predicted molar refractivity (Wildman–Crippen MR) is 207 cm³/mol. The summed E-state index contributed by atoms with van der Waals surface area (Å²) in [6.45, 7) is 39.5. The maximum Gasteiger partial charge on any atom is 0.126 e. The van der Waals surface area contributed by atoms with E-state index in [1.807, 2.05) is 39.1 Å². The minimum atomic E-state index is -0.134. The van der Waals surface area contributed by atoms with Crippen molar-refractivity contribution >= 4 is 10.8 Å². The third kappa shape index (κ3) is 11.9. The fourth-order valence-corrected chi connectivity index (χ4v) is 5.04. The van der Waals surface area contributed by atoms with Gasteiger partial charge in [0.2, 0.25) is 0 Å².